The van der Waals surface area contributed by atoms with Gasteiger partial charge < -0.3 is 10.1 Å². The molecular weight excluding hydrogens is 226 g/mol. The lowest BCUT2D eigenvalue weighted by Gasteiger charge is -2.25. The van der Waals surface area contributed by atoms with Crippen LogP contribution < -0.4 is 5.32 Å². The van der Waals surface area contributed by atoms with Gasteiger partial charge in [0.25, 0.3) is 0 Å². The topological polar surface area (TPSA) is 38.3 Å². The molecule has 1 unspecified atom stereocenters. The third kappa shape index (κ3) is 4.06. The van der Waals surface area contributed by atoms with Crippen LogP contribution in [0.25, 0.3) is 0 Å². The molecule has 1 aromatic carbocycles. The van der Waals surface area contributed by atoms with Gasteiger partial charge in [0, 0.05) is 11.7 Å². The zero-order chi connectivity index (χ0) is 13.8. The third-order valence-corrected chi connectivity index (χ3v) is 2.84. The van der Waals surface area contributed by atoms with Crippen LogP contribution in [0.5, 0.6) is 0 Å². The van der Waals surface area contributed by atoms with Crippen molar-refractivity contribution in [2.24, 2.45) is 0 Å². The van der Waals surface area contributed by atoms with E-state index in [1.165, 1.54) is 12.7 Å². The number of para-hydroxylation sites is 1. The quantitative estimate of drug-likeness (QED) is 0.832. The zero-order valence-corrected chi connectivity index (χ0v) is 11.9. The average molecular weight is 249 g/mol. The Bertz CT molecular complexity index is 407. The SMILES string of the molecule is COC(=O)CC(C)Nc1ccccc1C(C)(C)C. The Morgan fingerprint density at radius 3 is 2.50 bits per heavy atom. The number of esters is 1. The highest BCUT2D eigenvalue weighted by atomic mass is 16.5. The second-order valence-corrected chi connectivity index (χ2v) is 5.62. The largest absolute Gasteiger partial charge is 0.469 e. The van der Waals surface area contributed by atoms with Gasteiger partial charge in [-0.3, -0.25) is 4.79 Å². The van der Waals surface area contributed by atoms with Crippen LogP contribution >= 0.6 is 0 Å². The van der Waals surface area contributed by atoms with Gasteiger partial charge in [-0.2, -0.15) is 0 Å². The lowest BCUT2D eigenvalue weighted by molar-refractivity contribution is -0.140. The summed E-state index contributed by atoms with van der Waals surface area (Å²) < 4.78 is 4.68. The number of carbonyl (C=O) groups is 1. The Balaban J connectivity index is 2.81. The van der Waals surface area contributed by atoms with E-state index < -0.39 is 0 Å². The Kier molecular flexibility index (Phi) is 4.76. The molecule has 0 radical (unpaired) electrons. The van der Waals surface area contributed by atoms with Gasteiger partial charge in [-0.15, -0.1) is 0 Å². The predicted octanol–water partition coefficient (Wildman–Crippen LogP) is 3.35. The van der Waals surface area contributed by atoms with Crippen molar-refractivity contribution in [3.05, 3.63) is 29.8 Å². The molecule has 1 rings (SSSR count). The van der Waals surface area contributed by atoms with Crippen LogP contribution in [0.4, 0.5) is 5.69 Å². The van der Waals surface area contributed by atoms with Crippen molar-refractivity contribution in [3.63, 3.8) is 0 Å². The highest BCUT2D eigenvalue weighted by molar-refractivity contribution is 5.70. The summed E-state index contributed by atoms with van der Waals surface area (Å²) in [5.74, 6) is -0.191. The van der Waals surface area contributed by atoms with E-state index in [9.17, 15) is 4.79 Å². The zero-order valence-electron chi connectivity index (χ0n) is 11.9. The molecular formula is C15H23NO2. The third-order valence-electron chi connectivity index (χ3n) is 2.84. The normalized spacial score (nSPS) is 12.9. The van der Waals surface area contributed by atoms with Gasteiger partial charge in [0.1, 0.15) is 0 Å². The number of ether oxygens (including phenoxy) is 1. The molecule has 0 fully saturated rings. The van der Waals surface area contributed by atoms with E-state index >= 15 is 0 Å². The molecule has 0 bridgehead atoms. The maximum absolute atomic E-state index is 11.2. The molecule has 18 heavy (non-hydrogen) atoms. The van der Waals surface area contributed by atoms with E-state index in [2.05, 4.69) is 36.9 Å². The average Bonchev–Trinajstić information content (AvgIpc) is 2.27. The van der Waals surface area contributed by atoms with E-state index in [0.717, 1.165) is 5.69 Å². The number of hydrogen-bond acceptors (Lipinski definition) is 3. The van der Waals surface area contributed by atoms with Crippen LogP contribution in [0, 0.1) is 0 Å². The summed E-state index contributed by atoms with van der Waals surface area (Å²) in [7, 11) is 1.41. The fourth-order valence-electron chi connectivity index (χ4n) is 1.91. The van der Waals surface area contributed by atoms with Gasteiger partial charge in [0.2, 0.25) is 0 Å². The monoisotopic (exact) mass is 249 g/mol. The number of carbonyl (C=O) groups excluding carboxylic acids is 1. The molecule has 0 saturated carbocycles. The van der Waals surface area contributed by atoms with Crippen LogP contribution in [-0.4, -0.2) is 19.1 Å². The lowest BCUT2D eigenvalue weighted by atomic mass is 9.85. The standard InChI is InChI=1S/C15H23NO2/c1-11(10-14(17)18-5)16-13-9-7-6-8-12(13)15(2,3)4/h6-9,11,16H,10H2,1-5H3. The van der Waals surface area contributed by atoms with Crippen molar-refractivity contribution in [1.29, 1.82) is 0 Å². The number of anilines is 1. The fourth-order valence-corrected chi connectivity index (χ4v) is 1.91. The number of rotatable bonds is 4. The highest BCUT2D eigenvalue weighted by Gasteiger charge is 2.18. The first-order chi connectivity index (χ1) is 8.34. The number of hydrogen-bond donors (Lipinski definition) is 1. The summed E-state index contributed by atoms with van der Waals surface area (Å²) >= 11 is 0. The van der Waals surface area contributed by atoms with Crippen LogP contribution in [0.3, 0.4) is 0 Å². The van der Waals surface area contributed by atoms with Gasteiger partial charge >= 0.3 is 5.97 Å². The van der Waals surface area contributed by atoms with Gasteiger partial charge in [-0.05, 0) is 24.0 Å². The molecule has 1 N–H and O–H groups in total. The van der Waals surface area contributed by atoms with Crippen molar-refractivity contribution < 1.29 is 9.53 Å². The summed E-state index contributed by atoms with van der Waals surface area (Å²) in [6.07, 6.45) is 0.370. The maximum atomic E-state index is 11.2. The van der Waals surface area contributed by atoms with E-state index in [0.29, 0.717) is 6.42 Å². The highest BCUT2D eigenvalue weighted by Crippen LogP contribution is 2.29. The summed E-state index contributed by atoms with van der Waals surface area (Å²) in [6.45, 7) is 8.52. The first-order valence-electron chi connectivity index (χ1n) is 6.27. The molecule has 100 valence electrons. The molecule has 0 heterocycles. The Hall–Kier alpha value is -1.51. The summed E-state index contributed by atoms with van der Waals surface area (Å²) in [4.78, 5) is 11.2. The lowest BCUT2D eigenvalue weighted by Crippen LogP contribution is -2.23. The number of nitrogens with one attached hydrogen (secondary N) is 1. The first kappa shape index (κ1) is 14.6. The van der Waals surface area contributed by atoms with E-state index in [-0.39, 0.29) is 17.4 Å². The number of methoxy groups -OCH3 is 1. The molecule has 3 nitrogen and oxygen atoms in total. The van der Waals surface area contributed by atoms with Crippen molar-refractivity contribution in [1.82, 2.24) is 0 Å². The van der Waals surface area contributed by atoms with Crippen molar-refractivity contribution >= 4 is 11.7 Å². The predicted molar refractivity (Wildman–Crippen MR) is 74.9 cm³/mol. The van der Waals surface area contributed by atoms with Crippen LogP contribution in [0.15, 0.2) is 24.3 Å². The Morgan fingerprint density at radius 1 is 1.33 bits per heavy atom. The van der Waals surface area contributed by atoms with Crippen LogP contribution in [-0.2, 0) is 14.9 Å². The van der Waals surface area contributed by atoms with E-state index in [4.69, 9.17) is 0 Å². The minimum absolute atomic E-state index is 0.0564. The first-order valence-corrected chi connectivity index (χ1v) is 6.27. The molecule has 3 heteroatoms. The molecule has 1 aromatic rings. The summed E-state index contributed by atoms with van der Waals surface area (Å²) in [6, 6.07) is 8.27. The van der Waals surface area contributed by atoms with Crippen molar-refractivity contribution in [2.75, 3.05) is 12.4 Å². The van der Waals surface area contributed by atoms with Gasteiger partial charge in [0.05, 0.1) is 13.5 Å². The molecule has 0 aliphatic carbocycles. The van der Waals surface area contributed by atoms with Gasteiger partial charge in [0.15, 0.2) is 0 Å². The fraction of sp³-hybridized carbons (Fsp3) is 0.533. The molecule has 0 saturated heterocycles. The minimum Gasteiger partial charge on any atom is -0.469 e. The maximum Gasteiger partial charge on any atom is 0.307 e. The van der Waals surface area contributed by atoms with Crippen LogP contribution in [0.2, 0.25) is 0 Å². The summed E-state index contributed by atoms with van der Waals surface area (Å²) in [5.41, 5.74) is 2.41. The molecule has 0 spiro atoms. The van der Waals surface area contributed by atoms with E-state index in [1.54, 1.807) is 0 Å². The van der Waals surface area contributed by atoms with Crippen molar-refractivity contribution in [3.8, 4) is 0 Å². The van der Waals surface area contributed by atoms with Crippen LogP contribution in [0.1, 0.15) is 39.7 Å². The molecule has 0 aromatic heterocycles. The molecule has 0 amide bonds. The van der Waals surface area contributed by atoms with E-state index in [1.807, 2.05) is 25.1 Å². The van der Waals surface area contributed by atoms with Gasteiger partial charge in [-0.25, -0.2) is 0 Å². The Morgan fingerprint density at radius 2 is 1.94 bits per heavy atom. The second kappa shape index (κ2) is 5.89. The summed E-state index contributed by atoms with van der Waals surface area (Å²) in [5, 5.41) is 3.38. The Labute approximate surface area is 110 Å². The molecule has 0 aliphatic rings. The minimum atomic E-state index is -0.191. The molecule has 1 atom stereocenters. The van der Waals surface area contributed by atoms with Gasteiger partial charge in [-0.1, -0.05) is 39.0 Å². The number of benzene rings is 1. The molecule has 0 aliphatic heterocycles. The smallest absolute Gasteiger partial charge is 0.307 e. The van der Waals surface area contributed by atoms with Crippen molar-refractivity contribution in [2.45, 2.75) is 45.6 Å². The second-order valence-electron chi connectivity index (χ2n) is 5.62.